The van der Waals surface area contributed by atoms with Crippen molar-refractivity contribution in [3.8, 4) is 0 Å². The fourth-order valence-electron chi connectivity index (χ4n) is 3.77. The summed E-state index contributed by atoms with van der Waals surface area (Å²) < 4.78 is 32.5. The smallest absolute Gasteiger partial charge is 0.328 e. The molecule has 0 saturated heterocycles. The quantitative estimate of drug-likeness (QED) is 0.320. The van der Waals surface area contributed by atoms with Gasteiger partial charge in [0.25, 0.3) is 0 Å². The number of methoxy groups -OCH3 is 1. The maximum Gasteiger partial charge on any atom is 0.328 e. The van der Waals surface area contributed by atoms with Gasteiger partial charge in [-0.2, -0.15) is 0 Å². The molecular formula is C25H24N4O5S. The summed E-state index contributed by atoms with van der Waals surface area (Å²) in [5.41, 5.74) is 6.64. The van der Waals surface area contributed by atoms with Gasteiger partial charge in [-0.25, -0.2) is 22.9 Å². The molecule has 0 aliphatic rings. The van der Waals surface area contributed by atoms with E-state index in [9.17, 15) is 18.0 Å². The molecule has 3 aromatic carbocycles. The van der Waals surface area contributed by atoms with Gasteiger partial charge in [0.2, 0.25) is 15.9 Å². The standard InChI is InChI=1S/C25H24N4O5S/c1-34-25(31)22(13-16-6-9-21-19(12-16)10-11-27-24(21)26)29-23(30)15-28-35(32,33)20-8-7-17-4-2-3-5-18(17)14-20/h2-12,14,22,28H,13,15H2,1H3,(H2,26,27)(H,29,30). The number of sulfonamides is 1. The Morgan fingerprint density at radius 3 is 2.54 bits per heavy atom. The lowest BCUT2D eigenvalue weighted by Crippen LogP contribution is -2.47. The number of benzene rings is 3. The molecule has 1 unspecified atom stereocenters. The van der Waals surface area contributed by atoms with Crippen LogP contribution in [0.3, 0.4) is 0 Å². The first kappa shape index (κ1) is 24.1. The van der Waals surface area contributed by atoms with E-state index in [0.29, 0.717) is 5.82 Å². The van der Waals surface area contributed by atoms with Crippen LogP contribution in [0.15, 0.2) is 77.8 Å². The molecular weight excluding hydrogens is 468 g/mol. The van der Waals surface area contributed by atoms with Crippen LogP contribution in [0.4, 0.5) is 5.82 Å². The maximum atomic E-state index is 12.7. The number of nitrogen functional groups attached to an aromatic ring is 1. The van der Waals surface area contributed by atoms with Gasteiger partial charge in [0, 0.05) is 18.0 Å². The normalized spacial score (nSPS) is 12.4. The number of ether oxygens (including phenoxy) is 1. The highest BCUT2D eigenvalue weighted by atomic mass is 32.2. The van der Waals surface area contributed by atoms with E-state index in [1.165, 1.54) is 19.2 Å². The molecule has 0 bridgehead atoms. The second-order valence-corrected chi connectivity index (χ2v) is 9.70. The molecule has 10 heteroatoms. The molecule has 4 N–H and O–H groups in total. The summed E-state index contributed by atoms with van der Waals surface area (Å²) in [4.78, 5) is 28.9. The van der Waals surface area contributed by atoms with Gasteiger partial charge in [-0.1, -0.05) is 48.5 Å². The van der Waals surface area contributed by atoms with Crippen LogP contribution >= 0.6 is 0 Å². The predicted molar refractivity (Wildman–Crippen MR) is 133 cm³/mol. The summed E-state index contributed by atoms with van der Waals surface area (Å²) in [5.74, 6) is -0.922. The molecule has 180 valence electrons. The van der Waals surface area contributed by atoms with Gasteiger partial charge in [0.15, 0.2) is 0 Å². The molecule has 0 aliphatic carbocycles. The second-order valence-electron chi connectivity index (χ2n) is 7.93. The lowest BCUT2D eigenvalue weighted by molar-refractivity contribution is -0.144. The molecule has 0 saturated carbocycles. The van der Waals surface area contributed by atoms with Gasteiger partial charge in [0.1, 0.15) is 11.9 Å². The van der Waals surface area contributed by atoms with Crippen LogP contribution in [-0.4, -0.2) is 45.0 Å². The molecule has 1 aromatic heterocycles. The zero-order valence-corrected chi connectivity index (χ0v) is 19.7. The summed E-state index contributed by atoms with van der Waals surface area (Å²) in [6.45, 7) is -0.539. The monoisotopic (exact) mass is 492 g/mol. The molecule has 4 rings (SSSR count). The SMILES string of the molecule is COC(=O)C(Cc1ccc2c(N)nccc2c1)NC(=O)CNS(=O)(=O)c1ccc2ccccc2c1. The second kappa shape index (κ2) is 10.1. The first-order chi connectivity index (χ1) is 16.8. The van der Waals surface area contributed by atoms with Gasteiger partial charge < -0.3 is 15.8 Å². The van der Waals surface area contributed by atoms with Crippen molar-refractivity contribution >= 4 is 49.3 Å². The van der Waals surface area contributed by atoms with Gasteiger partial charge in [-0.05, 0) is 39.9 Å². The third-order valence-electron chi connectivity index (χ3n) is 5.57. The van der Waals surface area contributed by atoms with Crippen molar-refractivity contribution in [2.75, 3.05) is 19.4 Å². The van der Waals surface area contributed by atoms with Crippen LogP contribution in [0, 0.1) is 0 Å². The van der Waals surface area contributed by atoms with E-state index in [1.807, 2.05) is 24.3 Å². The summed E-state index contributed by atoms with van der Waals surface area (Å²) in [5, 5.41) is 5.83. The van der Waals surface area contributed by atoms with Crippen molar-refractivity contribution in [2.45, 2.75) is 17.4 Å². The van der Waals surface area contributed by atoms with E-state index in [1.54, 1.807) is 36.5 Å². The lowest BCUT2D eigenvalue weighted by Gasteiger charge is -2.17. The van der Waals surface area contributed by atoms with Crippen molar-refractivity contribution in [1.29, 1.82) is 0 Å². The number of rotatable bonds is 8. The van der Waals surface area contributed by atoms with Gasteiger partial charge in [-0.3, -0.25) is 4.79 Å². The number of pyridine rings is 1. The fourth-order valence-corrected chi connectivity index (χ4v) is 4.79. The average Bonchev–Trinajstić information content (AvgIpc) is 2.86. The Morgan fingerprint density at radius 1 is 1.00 bits per heavy atom. The highest BCUT2D eigenvalue weighted by molar-refractivity contribution is 7.89. The Hall–Kier alpha value is -4.02. The molecule has 0 fully saturated rings. The Labute approximate surface area is 202 Å². The van der Waals surface area contributed by atoms with E-state index >= 15 is 0 Å². The van der Waals surface area contributed by atoms with Crippen LogP contribution < -0.4 is 15.8 Å². The number of aromatic nitrogens is 1. The maximum absolute atomic E-state index is 12.7. The first-order valence-corrected chi connectivity index (χ1v) is 12.2. The van der Waals surface area contributed by atoms with Crippen molar-refractivity contribution < 1.29 is 22.7 Å². The van der Waals surface area contributed by atoms with E-state index < -0.39 is 34.5 Å². The summed E-state index contributed by atoms with van der Waals surface area (Å²) >= 11 is 0. The van der Waals surface area contributed by atoms with Gasteiger partial charge in [-0.15, -0.1) is 0 Å². The van der Waals surface area contributed by atoms with E-state index in [-0.39, 0.29) is 11.3 Å². The zero-order valence-electron chi connectivity index (χ0n) is 18.9. The van der Waals surface area contributed by atoms with Gasteiger partial charge in [0.05, 0.1) is 18.6 Å². The zero-order chi connectivity index (χ0) is 25.0. The summed E-state index contributed by atoms with van der Waals surface area (Å²) in [6.07, 6.45) is 1.73. The number of nitrogens with zero attached hydrogens (tertiary/aromatic N) is 1. The number of hydrogen-bond acceptors (Lipinski definition) is 7. The van der Waals surface area contributed by atoms with E-state index in [2.05, 4.69) is 15.0 Å². The number of fused-ring (bicyclic) bond motifs is 2. The first-order valence-electron chi connectivity index (χ1n) is 10.8. The molecule has 1 amide bonds. The van der Waals surface area contributed by atoms with Crippen LogP contribution in [0.1, 0.15) is 5.56 Å². The Balaban J connectivity index is 1.44. The number of hydrogen-bond donors (Lipinski definition) is 3. The third-order valence-corrected chi connectivity index (χ3v) is 6.97. The number of amides is 1. The highest BCUT2D eigenvalue weighted by Gasteiger charge is 2.23. The Kier molecular flexibility index (Phi) is 6.94. The molecule has 1 heterocycles. The molecule has 0 aliphatic heterocycles. The van der Waals surface area contributed by atoms with E-state index in [0.717, 1.165) is 27.1 Å². The molecule has 0 spiro atoms. The van der Waals surface area contributed by atoms with E-state index in [4.69, 9.17) is 10.5 Å². The fraction of sp³-hybridized carbons (Fsp3) is 0.160. The minimum atomic E-state index is -3.94. The van der Waals surface area contributed by atoms with Crippen LogP contribution in [0.5, 0.6) is 0 Å². The topological polar surface area (TPSA) is 140 Å². The number of nitrogens with one attached hydrogen (secondary N) is 2. The third kappa shape index (κ3) is 5.56. The number of esters is 1. The minimum Gasteiger partial charge on any atom is -0.467 e. The molecule has 1 atom stereocenters. The molecule has 0 radical (unpaired) electrons. The number of nitrogens with two attached hydrogens (primary N) is 1. The van der Waals surface area contributed by atoms with Crippen molar-refractivity contribution in [3.05, 3.63) is 78.5 Å². The van der Waals surface area contributed by atoms with Crippen molar-refractivity contribution in [3.63, 3.8) is 0 Å². The minimum absolute atomic E-state index is 0.0402. The molecule has 4 aromatic rings. The number of carbonyl (C=O) groups excluding carboxylic acids is 2. The largest absolute Gasteiger partial charge is 0.467 e. The summed E-state index contributed by atoms with van der Waals surface area (Å²) in [7, 11) is -2.72. The summed E-state index contributed by atoms with van der Waals surface area (Å²) in [6, 6.07) is 18.3. The average molecular weight is 493 g/mol. The molecule has 9 nitrogen and oxygen atoms in total. The molecule has 35 heavy (non-hydrogen) atoms. The predicted octanol–water partition coefficient (Wildman–Crippen LogP) is 2.15. The van der Waals surface area contributed by atoms with Crippen molar-refractivity contribution in [2.24, 2.45) is 0 Å². The Morgan fingerprint density at radius 2 is 1.77 bits per heavy atom. The van der Waals surface area contributed by atoms with Crippen molar-refractivity contribution in [1.82, 2.24) is 15.0 Å². The highest BCUT2D eigenvalue weighted by Crippen LogP contribution is 2.21. The Bertz CT molecular complexity index is 1520. The number of anilines is 1. The van der Waals surface area contributed by atoms with Gasteiger partial charge >= 0.3 is 5.97 Å². The van der Waals surface area contributed by atoms with Crippen LogP contribution in [0.2, 0.25) is 0 Å². The van der Waals surface area contributed by atoms with Crippen LogP contribution in [0.25, 0.3) is 21.5 Å². The number of carbonyl (C=O) groups is 2. The lowest BCUT2D eigenvalue weighted by atomic mass is 10.0. The van der Waals surface area contributed by atoms with Crippen LogP contribution in [-0.2, 0) is 30.8 Å².